The van der Waals surface area contributed by atoms with Crippen molar-refractivity contribution in [3.8, 4) is 0 Å². The number of hydrogen-bond donors (Lipinski definition) is 1. The van der Waals surface area contributed by atoms with Crippen molar-refractivity contribution >= 4 is 0 Å². The molecule has 1 heterocycles. The Bertz CT molecular complexity index is 297. The molecule has 0 saturated heterocycles. The van der Waals surface area contributed by atoms with E-state index in [-0.39, 0.29) is 6.10 Å². The van der Waals surface area contributed by atoms with Crippen LogP contribution in [-0.2, 0) is 22.6 Å². The van der Waals surface area contributed by atoms with Crippen LogP contribution in [0.25, 0.3) is 0 Å². The second-order valence-corrected chi connectivity index (χ2v) is 4.12. The molecule has 0 aliphatic rings. The molecule has 0 saturated carbocycles. The van der Waals surface area contributed by atoms with Crippen molar-refractivity contribution in [2.45, 2.75) is 40.0 Å². The number of rotatable bonds is 9. The van der Waals surface area contributed by atoms with Gasteiger partial charge in [0.15, 0.2) is 0 Å². The zero-order valence-electron chi connectivity index (χ0n) is 11.0. The molecule has 4 nitrogen and oxygen atoms in total. The summed E-state index contributed by atoms with van der Waals surface area (Å²) in [6.45, 7) is 9.55. The summed E-state index contributed by atoms with van der Waals surface area (Å²) in [6, 6.07) is 3.93. The van der Waals surface area contributed by atoms with Crippen molar-refractivity contribution < 1.29 is 13.9 Å². The summed E-state index contributed by atoms with van der Waals surface area (Å²) < 4.78 is 16.4. The molecule has 1 aromatic rings. The van der Waals surface area contributed by atoms with Gasteiger partial charge in [0.2, 0.25) is 0 Å². The summed E-state index contributed by atoms with van der Waals surface area (Å²) in [6.07, 6.45) is 0.258. The number of nitrogens with one attached hydrogen (secondary N) is 1. The first kappa shape index (κ1) is 14.2. The van der Waals surface area contributed by atoms with E-state index in [1.807, 2.05) is 26.0 Å². The zero-order chi connectivity index (χ0) is 12.5. The average Bonchev–Trinajstić information content (AvgIpc) is 2.73. The van der Waals surface area contributed by atoms with Crippen LogP contribution in [0.2, 0.25) is 0 Å². The van der Waals surface area contributed by atoms with Gasteiger partial charge >= 0.3 is 0 Å². The summed E-state index contributed by atoms with van der Waals surface area (Å²) in [4.78, 5) is 0. The van der Waals surface area contributed by atoms with Crippen LogP contribution < -0.4 is 5.32 Å². The lowest BCUT2D eigenvalue weighted by Gasteiger charge is -2.07. The lowest BCUT2D eigenvalue weighted by atomic mass is 10.4. The van der Waals surface area contributed by atoms with E-state index in [1.54, 1.807) is 0 Å². The lowest BCUT2D eigenvalue weighted by molar-refractivity contribution is 0.0101. The molecule has 98 valence electrons. The van der Waals surface area contributed by atoms with Crippen LogP contribution in [0.1, 0.15) is 32.3 Å². The Kier molecular flexibility index (Phi) is 6.93. The minimum atomic E-state index is 0.258. The predicted molar refractivity (Wildman–Crippen MR) is 66.8 cm³/mol. The average molecular weight is 241 g/mol. The molecule has 0 aliphatic heterocycles. The van der Waals surface area contributed by atoms with Crippen molar-refractivity contribution in [2.75, 3.05) is 19.8 Å². The monoisotopic (exact) mass is 241 g/mol. The van der Waals surface area contributed by atoms with E-state index in [9.17, 15) is 0 Å². The standard InChI is InChI=1S/C13H23NO3/c1-4-14-9-12-5-6-13(17-12)10-15-7-8-16-11(2)3/h5-6,11,14H,4,7-10H2,1-3H3. The first-order valence-electron chi connectivity index (χ1n) is 6.20. The largest absolute Gasteiger partial charge is 0.462 e. The van der Waals surface area contributed by atoms with Gasteiger partial charge in [0.05, 0.1) is 25.9 Å². The molecule has 0 aromatic carbocycles. The van der Waals surface area contributed by atoms with Gasteiger partial charge in [0.25, 0.3) is 0 Å². The molecule has 0 atom stereocenters. The summed E-state index contributed by atoms with van der Waals surface area (Å²) >= 11 is 0. The molecule has 0 radical (unpaired) electrons. The normalized spacial score (nSPS) is 11.3. The van der Waals surface area contributed by atoms with E-state index in [2.05, 4.69) is 12.2 Å². The molecule has 1 aromatic heterocycles. The number of furan rings is 1. The minimum absolute atomic E-state index is 0.258. The SMILES string of the molecule is CCNCc1ccc(COCCOC(C)C)o1. The van der Waals surface area contributed by atoms with Crippen molar-refractivity contribution in [1.82, 2.24) is 5.32 Å². The molecule has 0 aliphatic carbocycles. The van der Waals surface area contributed by atoms with Gasteiger partial charge in [-0.05, 0) is 32.5 Å². The van der Waals surface area contributed by atoms with Gasteiger partial charge < -0.3 is 19.2 Å². The van der Waals surface area contributed by atoms with Crippen LogP contribution in [0.15, 0.2) is 16.5 Å². The minimum Gasteiger partial charge on any atom is -0.462 e. The summed E-state index contributed by atoms with van der Waals surface area (Å²) in [5.74, 6) is 1.81. The van der Waals surface area contributed by atoms with E-state index in [0.717, 1.165) is 24.6 Å². The third kappa shape index (κ3) is 6.46. The molecule has 1 N–H and O–H groups in total. The van der Waals surface area contributed by atoms with E-state index >= 15 is 0 Å². The van der Waals surface area contributed by atoms with Crippen molar-refractivity contribution in [2.24, 2.45) is 0 Å². The van der Waals surface area contributed by atoms with Crippen LogP contribution in [0.4, 0.5) is 0 Å². The Hall–Kier alpha value is -0.840. The maximum absolute atomic E-state index is 5.59. The number of ether oxygens (including phenoxy) is 2. The van der Waals surface area contributed by atoms with E-state index in [1.165, 1.54) is 0 Å². The quantitative estimate of drug-likeness (QED) is 0.674. The molecular weight excluding hydrogens is 218 g/mol. The second-order valence-electron chi connectivity index (χ2n) is 4.12. The predicted octanol–water partition coefficient (Wildman–Crippen LogP) is 2.33. The van der Waals surface area contributed by atoms with Gasteiger partial charge in [0.1, 0.15) is 18.1 Å². The molecule has 1 rings (SSSR count). The Balaban J connectivity index is 2.12. The zero-order valence-corrected chi connectivity index (χ0v) is 11.0. The Morgan fingerprint density at radius 1 is 1.24 bits per heavy atom. The highest BCUT2D eigenvalue weighted by Gasteiger charge is 2.01. The third-order valence-corrected chi connectivity index (χ3v) is 2.19. The highest BCUT2D eigenvalue weighted by molar-refractivity contribution is 5.06. The first-order valence-corrected chi connectivity index (χ1v) is 6.20. The maximum Gasteiger partial charge on any atom is 0.129 e. The molecule has 17 heavy (non-hydrogen) atoms. The molecule has 0 spiro atoms. The molecule has 0 fully saturated rings. The molecule has 0 unspecified atom stereocenters. The fourth-order valence-corrected chi connectivity index (χ4v) is 1.36. The van der Waals surface area contributed by atoms with E-state index in [0.29, 0.717) is 19.8 Å². The van der Waals surface area contributed by atoms with Crippen molar-refractivity contribution in [1.29, 1.82) is 0 Å². The lowest BCUT2D eigenvalue weighted by Crippen LogP contribution is -2.11. The first-order chi connectivity index (χ1) is 8.22. The fraction of sp³-hybridized carbons (Fsp3) is 0.692. The maximum atomic E-state index is 5.59. The van der Waals surface area contributed by atoms with Gasteiger partial charge in [0, 0.05) is 0 Å². The highest BCUT2D eigenvalue weighted by atomic mass is 16.5. The Labute approximate surface area is 103 Å². The van der Waals surface area contributed by atoms with Crippen LogP contribution in [0.3, 0.4) is 0 Å². The van der Waals surface area contributed by atoms with Crippen LogP contribution >= 0.6 is 0 Å². The van der Waals surface area contributed by atoms with Gasteiger partial charge in [-0.3, -0.25) is 0 Å². The van der Waals surface area contributed by atoms with Gasteiger partial charge in [-0.25, -0.2) is 0 Å². The molecule has 4 heteroatoms. The summed E-state index contributed by atoms with van der Waals surface area (Å²) in [5.41, 5.74) is 0. The second kappa shape index (κ2) is 8.28. The van der Waals surface area contributed by atoms with Gasteiger partial charge in [-0.15, -0.1) is 0 Å². The summed E-state index contributed by atoms with van der Waals surface area (Å²) in [7, 11) is 0. The van der Waals surface area contributed by atoms with Crippen LogP contribution in [0, 0.1) is 0 Å². The number of hydrogen-bond acceptors (Lipinski definition) is 4. The van der Waals surface area contributed by atoms with E-state index in [4.69, 9.17) is 13.9 Å². The van der Waals surface area contributed by atoms with Crippen molar-refractivity contribution in [3.63, 3.8) is 0 Å². The Morgan fingerprint density at radius 3 is 2.71 bits per heavy atom. The van der Waals surface area contributed by atoms with Gasteiger partial charge in [-0.1, -0.05) is 6.92 Å². The topological polar surface area (TPSA) is 43.6 Å². The van der Waals surface area contributed by atoms with Crippen molar-refractivity contribution in [3.05, 3.63) is 23.7 Å². The van der Waals surface area contributed by atoms with Crippen LogP contribution in [-0.4, -0.2) is 25.9 Å². The molecular formula is C13H23NO3. The highest BCUT2D eigenvalue weighted by Crippen LogP contribution is 2.08. The van der Waals surface area contributed by atoms with Crippen LogP contribution in [0.5, 0.6) is 0 Å². The molecule has 0 bridgehead atoms. The van der Waals surface area contributed by atoms with Gasteiger partial charge in [-0.2, -0.15) is 0 Å². The third-order valence-electron chi connectivity index (χ3n) is 2.19. The van der Waals surface area contributed by atoms with E-state index < -0.39 is 0 Å². The molecule has 0 amide bonds. The smallest absolute Gasteiger partial charge is 0.129 e. The summed E-state index contributed by atoms with van der Waals surface area (Å²) in [5, 5.41) is 3.21. The fourth-order valence-electron chi connectivity index (χ4n) is 1.36. The Morgan fingerprint density at radius 2 is 2.00 bits per heavy atom.